The highest BCUT2D eigenvalue weighted by Crippen LogP contribution is 2.00. The van der Waals surface area contributed by atoms with Crippen molar-refractivity contribution in [1.29, 1.82) is 5.26 Å². The summed E-state index contributed by atoms with van der Waals surface area (Å²) in [5.74, 6) is -2.01. The number of aliphatic carboxylic acids is 1. The Labute approximate surface area is 53.2 Å². The van der Waals surface area contributed by atoms with Gasteiger partial charge in [0.1, 0.15) is 5.92 Å². The number of allylic oxidation sites excluding steroid dienone is 1. The zero-order valence-electron chi connectivity index (χ0n) is 4.87. The Morgan fingerprint density at radius 3 is 2.67 bits per heavy atom. The van der Waals surface area contributed by atoms with Crippen LogP contribution in [0, 0.1) is 17.2 Å². The van der Waals surface area contributed by atoms with Crippen LogP contribution in [0.25, 0.3) is 0 Å². The summed E-state index contributed by atoms with van der Waals surface area (Å²) in [7, 11) is 0. The summed E-state index contributed by atoms with van der Waals surface area (Å²) in [6.45, 7) is 3.32. The van der Waals surface area contributed by atoms with E-state index in [1.807, 2.05) is 0 Å². The number of carboxylic acids is 1. The molecular formula is C6H7NO2. The second kappa shape index (κ2) is 3.67. The minimum Gasteiger partial charge on any atom is -0.480 e. The normalized spacial score (nSPS) is 11.4. The third-order valence-corrected chi connectivity index (χ3v) is 0.856. The molecule has 0 saturated carbocycles. The van der Waals surface area contributed by atoms with Crippen molar-refractivity contribution in [2.45, 2.75) is 6.42 Å². The number of hydrogen-bond donors (Lipinski definition) is 1. The Morgan fingerprint density at radius 1 is 2.00 bits per heavy atom. The molecule has 0 aliphatic rings. The molecule has 1 unspecified atom stereocenters. The van der Waals surface area contributed by atoms with E-state index in [2.05, 4.69) is 6.58 Å². The highest BCUT2D eigenvalue weighted by molar-refractivity contribution is 5.73. The molecule has 0 fully saturated rings. The van der Waals surface area contributed by atoms with Gasteiger partial charge in [-0.3, -0.25) is 4.79 Å². The fourth-order valence-electron chi connectivity index (χ4n) is 0.375. The van der Waals surface area contributed by atoms with Gasteiger partial charge in [-0.05, 0) is 6.42 Å². The highest BCUT2D eigenvalue weighted by Gasteiger charge is 2.12. The van der Waals surface area contributed by atoms with Gasteiger partial charge in [0.25, 0.3) is 0 Å². The second-order valence-corrected chi connectivity index (χ2v) is 1.54. The number of hydrogen-bond acceptors (Lipinski definition) is 2. The van der Waals surface area contributed by atoms with Crippen LogP contribution in [-0.4, -0.2) is 11.1 Å². The van der Waals surface area contributed by atoms with Gasteiger partial charge < -0.3 is 5.11 Å². The van der Waals surface area contributed by atoms with Crippen molar-refractivity contribution in [2.24, 2.45) is 5.92 Å². The zero-order chi connectivity index (χ0) is 7.28. The first-order chi connectivity index (χ1) is 4.22. The van der Waals surface area contributed by atoms with Crippen LogP contribution in [0.5, 0.6) is 0 Å². The van der Waals surface area contributed by atoms with Crippen molar-refractivity contribution >= 4 is 5.97 Å². The Hall–Kier alpha value is -1.30. The van der Waals surface area contributed by atoms with Gasteiger partial charge in [0.05, 0.1) is 6.07 Å². The molecule has 1 atom stereocenters. The van der Waals surface area contributed by atoms with Crippen molar-refractivity contribution in [3.8, 4) is 6.07 Å². The van der Waals surface area contributed by atoms with Crippen LogP contribution in [0.3, 0.4) is 0 Å². The van der Waals surface area contributed by atoms with Crippen LogP contribution in [0.4, 0.5) is 0 Å². The lowest BCUT2D eigenvalue weighted by molar-refractivity contribution is -0.139. The molecular weight excluding hydrogens is 118 g/mol. The molecule has 3 heteroatoms. The number of carbonyl (C=O) groups is 1. The molecule has 0 aliphatic heterocycles. The first-order valence-corrected chi connectivity index (χ1v) is 2.45. The average molecular weight is 125 g/mol. The largest absolute Gasteiger partial charge is 0.480 e. The van der Waals surface area contributed by atoms with Crippen LogP contribution in [0.2, 0.25) is 0 Å². The van der Waals surface area contributed by atoms with Gasteiger partial charge in [0, 0.05) is 0 Å². The first-order valence-electron chi connectivity index (χ1n) is 2.45. The van der Waals surface area contributed by atoms with Gasteiger partial charge in [-0.25, -0.2) is 0 Å². The molecule has 1 N–H and O–H groups in total. The lowest BCUT2D eigenvalue weighted by atomic mass is 10.1. The van der Waals surface area contributed by atoms with E-state index in [1.54, 1.807) is 6.07 Å². The Kier molecular flexibility index (Phi) is 3.14. The fourth-order valence-corrected chi connectivity index (χ4v) is 0.375. The molecule has 0 aromatic rings. The van der Waals surface area contributed by atoms with E-state index in [0.29, 0.717) is 0 Å². The predicted octanol–water partition coefficient (Wildman–Crippen LogP) is 0.787. The summed E-state index contributed by atoms with van der Waals surface area (Å²) in [6.07, 6.45) is 1.63. The second-order valence-electron chi connectivity index (χ2n) is 1.54. The lowest BCUT2D eigenvalue weighted by Gasteiger charge is -1.94. The van der Waals surface area contributed by atoms with Gasteiger partial charge >= 0.3 is 5.97 Å². The maximum Gasteiger partial charge on any atom is 0.321 e. The van der Waals surface area contributed by atoms with Gasteiger partial charge in [0.2, 0.25) is 0 Å². The minimum atomic E-state index is -1.09. The summed E-state index contributed by atoms with van der Waals surface area (Å²) in [4.78, 5) is 10.1. The van der Waals surface area contributed by atoms with Gasteiger partial charge in [-0.15, -0.1) is 6.58 Å². The number of nitrogens with zero attached hydrogens (tertiary/aromatic N) is 1. The molecule has 0 aliphatic carbocycles. The van der Waals surface area contributed by atoms with Gasteiger partial charge in [0.15, 0.2) is 0 Å². The highest BCUT2D eigenvalue weighted by atomic mass is 16.4. The molecule has 0 spiro atoms. The Bertz CT molecular complexity index is 157. The van der Waals surface area contributed by atoms with Crippen LogP contribution >= 0.6 is 0 Å². The van der Waals surface area contributed by atoms with Crippen molar-refractivity contribution in [3.05, 3.63) is 12.7 Å². The Balaban J connectivity index is 3.86. The molecule has 0 saturated heterocycles. The summed E-state index contributed by atoms with van der Waals surface area (Å²) in [5, 5.41) is 16.4. The lowest BCUT2D eigenvalue weighted by Crippen LogP contribution is -2.09. The van der Waals surface area contributed by atoms with Crippen LogP contribution < -0.4 is 0 Å². The van der Waals surface area contributed by atoms with E-state index in [9.17, 15) is 4.79 Å². The first kappa shape index (κ1) is 7.70. The van der Waals surface area contributed by atoms with Gasteiger partial charge in [-0.1, -0.05) is 6.08 Å². The quantitative estimate of drug-likeness (QED) is 0.567. The summed E-state index contributed by atoms with van der Waals surface area (Å²) >= 11 is 0. The maximum atomic E-state index is 10.1. The number of nitriles is 1. The minimum absolute atomic E-state index is 0.214. The maximum absolute atomic E-state index is 10.1. The SMILES string of the molecule is C=CCC(C#N)C(=O)O. The molecule has 0 radical (unpaired) electrons. The number of carboxylic acid groups (broad SMARTS) is 1. The fraction of sp³-hybridized carbons (Fsp3) is 0.333. The molecule has 9 heavy (non-hydrogen) atoms. The van der Waals surface area contributed by atoms with E-state index in [1.165, 1.54) is 6.08 Å². The van der Waals surface area contributed by atoms with E-state index in [4.69, 9.17) is 10.4 Å². The van der Waals surface area contributed by atoms with E-state index in [0.717, 1.165) is 0 Å². The van der Waals surface area contributed by atoms with Crippen LogP contribution in [0.15, 0.2) is 12.7 Å². The van der Waals surface area contributed by atoms with E-state index in [-0.39, 0.29) is 6.42 Å². The molecule has 3 nitrogen and oxygen atoms in total. The van der Waals surface area contributed by atoms with Crippen molar-refractivity contribution in [1.82, 2.24) is 0 Å². The topological polar surface area (TPSA) is 61.1 Å². The van der Waals surface area contributed by atoms with Crippen LogP contribution in [0.1, 0.15) is 6.42 Å². The predicted molar refractivity (Wildman–Crippen MR) is 31.6 cm³/mol. The number of rotatable bonds is 3. The van der Waals surface area contributed by atoms with Crippen molar-refractivity contribution in [2.75, 3.05) is 0 Å². The molecule has 0 aromatic heterocycles. The molecule has 0 amide bonds. The Morgan fingerprint density at radius 2 is 2.56 bits per heavy atom. The summed E-state index contributed by atoms with van der Waals surface area (Å²) < 4.78 is 0. The third kappa shape index (κ3) is 2.50. The molecule has 48 valence electrons. The molecule has 0 bridgehead atoms. The van der Waals surface area contributed by atoms with Crippen molar-refractivity contribution in [3.63, 3.8) is 0 Å². The zero-order valence-corrected chi connectivity index (χ0v) is 4.87. The van der Waals surface area contributed by atoms with Crippen molar-refractivity contribution < 1.29 is 9.90 Å². The average Bonchev–Trinajstić information content (AvgIpc) is 1.82. The van der Waals surface area contributed by atoms with E-state index < -0.39 is 11.9 Å². The van der Waals surface area contributed by atoms with Crippen LogP contribution in [-0.2, 0) is 4.79 Å². The van der Waals surface area contributed by atoms with E-state index >= 15 is 0 Å². The molecule has 0 heterocycles. The molecule has 0 aromatic carbocycles. The third-order valence-electron chi connectivity index (χ3n) is 0.856. The molecule has 0 rings (SSSR count). The monoisotopic (exact) mass is 125 g/mol. The standard InChI is InChI=1S/C6H7NO2/c1-2-3-5(4-7)6(8)9/h2,5H,1,3H2,(H,8,9). The summed E-state index contributed by atoms with van der Waals surface area (Å²) in [6, 6.07) is 1.63. The van der Waals surface area contributed by atoms with Gasteiger partial charge in [-0.2, -0.15) is 5.26 Å². The smallest absolute Gasteiger partial charge is 0.321 e. The summed E-state index contributed by atoms with van der Waals surface area (Å²) in [5.41, 5.74) is 0.